The maximum Gasteiger partial charge on any atom is 0.329 e. The first-order chi connectivity index (χ1) is 9.23. The average molecular weight is 250 g/mol. The van der Waals surface area contributed by atoms with Crippen molar-refractivity contribution in [2.75, 3.05) is 0 Å². The maximum absolute atomic E-state index is 12.3. The molecule has 3 nitrogen and oxygen atoms in total. The number of hydrogen-bond acceptors (Lipinski definition) is 3. The van der Waals surface area contributed by atoms with Gasteiger partial charge in [-0.25, -0.2) is 0 Å². The number of ether oxygens (including phenoxy) is 1. The third kappa shape index (κ3) is 1.12. The van der Waals surface area contributed by atoms with Crippen molar-refractivity contribution in [1.82, 2.24) is 0 Å². The summed E-state index contributed by atoms with van der Waals surface area (Å²) in [6.07, 6.45) is 0.0971. The average Bonchev–Trinajstić information content (AvgIpc) is 2.89. The first kappa shape index (κ1) is 10.5. The number of rotatable bonds is 0. The van der Waals surface area contributed by atoms with E-state index < -0.39 is 17.4 Å². The van der Waals surface area contributed by atoms with Crippen LogP contribution in [0.15, 0.2) is 48.5 Å². The maximum atomic E-state index is 12.3. The minimum Gasteiger partial charge on any atom is -0.392 e. The van der Waals surface area contributed by atoms with Crippen molar-refractivity contribution in [2.24, 2.45) is 0 Å². The number of hydrogen-bond donors (Lipinski definition) is 0. The number of carbonyl (C=O) groups is 2. The van der Waals surface area contributed by atoms with Crippen molar-refractivity contribution < 1.29 is 14.3 Å². The highest BCUT2D eigenvalue weighted by molar-refractivity contribution is 6.08. The summed E-state index contributed by atoms with van der Waals surface area (Å²) in [6, 6.07) is 15.5. The number of carbonyl (C=O) groups excluding carboxylic acids is 2. The Kier molecular flexibility index (Phi) is 1.83. The Hall–Kier alpha value is -2.42. The summed E-state index contributed by atoms with van der Waals surface area (Å²) < 4.78 is 4.83. The third-order valence-corrected chi connectivity index (χ3v) is 4.03. The van der Waals surface area contributed by atoms with Gasteiger partial charge in [0.2, 0.25) is 0 Å². The van der Waals surface area contributed by atoms with Gasteiger partial charge in [0.05, 0.1) is 6.42 Å². The molecule has 1 aliphatic carbocycles. The molecule has 0 radical (unpaired) electrons. The lowest BCUT2D eigenvalue weighted by Gasteiger charge is -2.20. The van der Waals surface area contributed by atoms with E-state index in [2.05, 4.69) is 0 Å². The van der Waals surface area contributed by atoms with Gasteiger partial charge in [0, 0.05) is 0 Å². The van der Waals surface area contributed by atoms with Crippen molar-refractivity contribution in [3.05, 3.63) is 59.7 Å². The Balaban J connectivity index is 2.13. The molecule has 2 aromatic rings. The zero-order valence-corrected chi connectivity index (χ0v) is 10.1. The van der Waals surface area contributed by atoms with Crippen LogP contribution in [-0.2, 0) is 19.7 Å². The molecule has 0 amide bonds. The van der Waals surface area contributed by atoms with Gasteiger partial charge in [-0.1, -0.05) is 48.5 Å². The topological polar surface area (TPSA) is 43.4 Å². The van der Waals surface area contributed by atoms with Crippen molar-refractivity contribution in [3.63, 3.8) is 0 Å². The lowest BCUT2D eigenvalue weighted by atomic mass is 9.77. The smallest absolute Gasteiger partial charge is 0.329 e. The molecule has 0 unspecified atom stereocenters. The molecule has 1 saturated heterocycles. The normalized spacial score (nSPS) is 18.3. The minimum atomic E-state index is -0.926. The van der Waals surface area contributed by atoms with Gasteiger partial charge in [0.25, 0.3) is 0 Å². The van der Waals surface area contributed by atoms with Gasteiger partial charge in [-0.3, -0.25) is 9.59 Å². The molecule has 19 heavy (non-hydrogen) atoms. The molecular weight excluding hydrogens is 240 g/mol. The first-order valence-corrected chi connectivity index (χ1v) is 6.18. The molecule has 1 spiro atoms. The molecule has 2 aliphatic rings. The molecule has 1 fully saturated rings. The van der Waals surface area contributed by atoms with E-state index in [1.807, 2.05) is 48.5 Å². The van der Waals surface area contributed by atoms with E-state index in [1.165, 1.54) is 0 Å². The first-order valence-electron chi connectivity index (χ1n) is 6.18. The number of cyclic esters (lactones) is 2. The molecule has 0 N–H and O–H groups in total. The lowest BCUT2D eigenvalue weighted by Crippen LogP contribution is -2.30. The van der Waals surface area contributed by atoms with Crippen LogP contribution >= 0.6 is 0 Å². The van der Waals surface area contributed by atoms with Crippen LogP contribution in [0.5, 0.6) is 0 Å². The van der Waals surface area contributed by atoms with Gasteiger partial charge in [-0.05, 0) is 22.3 Å². The second-order valence-corrected chi connectivity index (χ2v) is 4.93. The van der Waals surface area contributed by atoms with Crippen molar-refractivity contribution >= 4 is 11.9 Å². The standard InChI is InChI=1S/C16H10O3/c17-14-9-16(15(18)19-14)12-7-3-1-5-10(12)11-6-2-4-8-13(11)16/h1-8H,9H2. The molecule has 3 heteroatoms. The van der Waals surface area contributed by atoms with E-state index in [-0.39, 0.29) is 6.42 Å². The summed E-state index contributed by atoms with van der Waals surface area (Å²) in [5.74, 6) is -0.897. The highest BCUT2D eigenvalue weighted by Crippen LogP contribution is 2.53. The second kappa shape index (κ2) is 3.32. The highest BCUT2D eigenvalue weighted by atomic mass is 16.6. The Morgan fingerprint density at radius 3 is 1.84 bits per heavy atom. The molecule has 0 bridgehead atoms. The Morgan fingerprint density at radius 2 is 1.37 bits per heavy atom. The van der Waals surface area contributed by atoms with E-state index in [0.717, 1.165) is 22.3 Å². The molecule has 1 heterocycles. The van der Waals surface area contributed by atoms with E-state index >= 15 is 0 Å². The summed E-state index contributed by atoms with van der Waals surface area (Å²) in [6.45, 7) is 0. The van der Waals surface area contributed by atoms with E-state index in [1.54, 1.807) is 0 Å². The third-order valence-electron chi connectivity index (χ3n) is 4.03. The monoisotopic (exact) mass is 250 g/mol. The summed E-state index contributed by atoms with van der Waals surface area (Å²) in [5, 5.41) is 0. The fourth-order valence-corrected chi connectivity index (χ4v) is 3.25. The van der Waals surface area contributed by atoms with Crippen LogP contribution in [0.2, 0.25) is 0 Å². The predicted molar refractivity (Wildman–Crippen MR) is 68.4 cm³/mol. The number of fused-ring (bicyclic) bond motifs is 5. The zero-order chi connectivity index (χ0) is 13.0. The molecular formula is C16H10O3. The fourth-order valence-electron chi connectivity index (χ4n) is 3.25. The van der Waals surface area contributed by atoms with E-state index in [4.69, 9.17) is 4.74 Å². The molecule has 0 saturated carbocycles. The van der Waals surface area contributed by atoms with Crippen molar-refractivity contribution in [1.29, 1.82) is 0 Å². The SMILES string of the molecule is O=C1CC2(C(=O)O1)c1ccccc1-c1ccccc12. The van der Waals surface area contributed by atoms with Gasteiger partial charge in [-0.15, -0.1) is 0 Å². The summed E-state index contributed by atoms with van der Waals surface area (Å²) in [5.41, 5.74) is 2.87. The van der Waals surface area contributed by atoms with Gasteiger partial charge < -0.3 is 4.74 Å². The van der Waals surface area contributed by atoms with Gasteiger partial charge in [0.1, 0.15) is 5.41 Å². The van der Waals surface area contributed by atoms with E-state index in [0.29, 0.717) is 0 Å². The summed E-state index contributed by atoms with van der Waals surface area (Å²) >= 11 is 0. The molecule has 4 rings (SSSR count). The summed E-state index contributed by atoms with van der Waals surface area (Å²) in [7, 11) is 0. The van der Waals surface area contributed by atoms with E-state index in [9.17, 15) is 9.59 Å². The molecule has 92 valence electrons. The van der Waals surface area contributed by atoms with Crippen LogP contribution in [0, 0.1) is 0 Å². The number of benzene rings is 2. The van der Waals surface area contributed by atoms with Crippen molar-refractivity contribution in [3.8, 4) is 11.1 Å². The molecule has 0 aromatic heterocycles. The number of esters is 2. The largest absolute Gasteiger partial charge is 0.392 e. The Labute approximate surface area is 109 Å². The van der Waals surface area contributed by atoms with Crippen LogP contribution < -0.4 is 0 Å². The predicted octanol–water partition coefficient (Wildman–Crippen LogP) is 2.43. The molecule has 2 aromatic carbocycles. The lowest BCUT2D eigenvalue weighted by molar-refractivity contribution is -0.153. The minimum absolute atomic E-state index is 0.0971. The Bertz CT molecular complexity index is 685. The van der Waals surface area contributed by atoms with Crippen LogP contribution in [0.4, 0.5) is 0 Å². The highest BCUT2D eigenvalue weighted by Gasteiger charge is 2.56. The fraction of sp³-hybridized carbons (Fsp3) is 0.125. The molecule has 0 atom stereocenters. The van der Waals surface area contributed by atoms with Gasteiger partial charge in [-0.2, -0.15) is 0 Å². The van der Waals surface area contributed by atoms with Crippen LogP contribution in [-0.4, -0.2) is 11.9 Å². The Morgan fingerprint density at radius 1 is 0.842 bits per heavy atom. The van der Waals surface area contributed by atoms with Crippen LogP contribution in [0.25, 0.3) is 11.1 Å². The van der Waals surface area contributed by atoms with Crippen LogP contribution in [0.1, 0.15) is 17.5 Å². The second-order valence-electron chi connectivity index (χ2n) is 4.93. The zero-order valence-electron chi connectivity index (χ0n) is 10.1. The quantitative estimate of drug-likeness (QED) is 0.532. The summed E-state index contributed by atoms with van der Waals surface area (Å²) in [4.78, 5) is 23.9. The molecule has 1 aliphatic heterocycles. The van der Waals surface area contributed by atoms with Gasteiger partial charge in [0.15, 0.2) is 0 Å². The van der Waals surface area contributed by atoms with Crippen molar-refractivity contribution in [2.45, 2.75) is 11.8 Å². The van der Waals surface area contributed by atoms with Crippen LogP contribution in [0.3, 0.4) is 0 Å². The van der Waals surface area contributed by atoms with Gasteiger partial charge >= 0.3 is 11.9 Å².